The van der Waals surface area contributed by atoms with E-state index in [9.17, 15) is 14.7 Å². The monoisotopic (exact) mass is 315 g/mol. The van der Waals surface area contributed by atoms with Gasteiger partial charge in [0, 0.05) is 24.4 Å². The average Bonchev–Trinajstić information content (AvgIpc) is 2.57. The van der Waals surface area contributed by atoms with Crippen LogP contribution < -0.4 is 5.43 Å². The molecule has 2 atom stereocenters. The molecular formula is C17H21N3O3. The van der Waals surface area contributed by atoms with Gasteiger partial charge in [-0.25, -0.2) is 0 Å². The number of carbonyl (C=O) groups is 1. The molecule has 6 nitrogen and oxygen atoms in total. The molecule has 1 aromatic heterocycles. The minimum absolute atomic E-state index is 0.0309. The molecule has 2 heterocycles. The Kier molecular flexibility index (Phi) is 4.43. The van der Waals surface area contributed by atoms with Crippen molar-refractivity contribution >= 4 is 16.8 Å². The van der Waals surface area contributed by atoms with Crippen LogP contribution in [0.2, 0.25) is 0 Å². The molecule has 2 aromatic rings. The molecule has 2 unspecified atom stereocenters. The lowest BCUT2D eigenvalue weighted by molar-refractivity contribution is -0.134. The first-order chi connectivity index (χ1) is 11.1. The zero-order valence-electron chi connectivity index (χ0n) is 13.2. The normalized spacial score (nSPS) is 19.7. The smallest absolute Gasteiger partial charge is 0.244 e. The number of fused-ring (bicyclic) bond motifs is 1. The topological polar surface area (TPSA) is 75.4 Å². The van der Waals surface area contributed by atoms with Gasteiger partial charge in [-0.2, -0.15) is 5.10 Å². The molecule has 0 spiro atoms. The number of nitrogens with zero attached hydrogens (tertiary/aromatic N) is 3. The van der Waals surface area contributed by atoms with Crippen LogP contribution in [0.25, 0.3) is 10.9 Å². The summed E-state index contributed by atoms with van der Waals surface area (Å²) in [5, 5.41) is 14.4. The molecule has 1 fully saturated rings. The predicted molar refractivity (Wildman–Crippen MR) is 87.0 cm³/mol. The van der Waals surface area contributed by atoms with Crippen LogP contribution in [0.15, 0.2) is 35.3 Å². The van der Waals surface area contributed by atoms with Crippen molar-refractivity contribution < 1.29 is 9.90 Å². The second-order valence-electron chi connectivity index (χ2n) is 6.17. The Labute approximate surface area is 134 Å². The summed E-state index contributed by atoms with van der Waals surface area (Å²) in [6.45, 7) is 3.16. The van der Waals surface area contributed by atoms with Crippen LogP contribution in [0.4, 0.5) is 0 Å². The largest absolute Gasteiger partial charge is 0.393 e. The van der Waals surface area contributed by atoms with Crippen LogP contribution in [0.1, 0.15) is 19.8 Å². The SMILES string of the molecule is CC(O)C1CCCN(C(=O)Cn2ncc(=O)c3ccccc32)C1. The molecule has 1 aromatic carbocycles. The van der Waals surface area contributed by atoms with Gasteiger partial charge in [-0.15, -0.1) is 0 Å². The maximum atomic E-state index is 12.6. The minimum Gasteiger partial charge on any atom is -0.393 e. The minimum atomic E-state index is -0.406. The average molecular weight is 315 g/mol. The van der Waals surface area contributed by atoms with Crippen molar-refractivity contribution in [3.63, 3.8) is 0 Å². The van der Waals surface area contributed by atoms with E-state index in [2.05, 4.69) is 5.10 Å². The van der Waals surface area contributed by atoms with Gasteiger partial charge in [-0.1, -0.05) is 12.1 Å². The third-order valence-electron chi connectivity index (χ3n) is 4.54. The second kappa shape index (κ2) is 6.50. The highest BCUT2D eigenvalue weighted by atomic mass is 16.3. The first-order valence-corrected chi connectivity index (χ1v) is 7.97. The molecule has 1 saturated heterocycles. The predicted octanol–water partition coefficient (Wildman–Crippen LogP) is 1.02. The van der Waals surface area contributed by atoms with Gasteiger partial charge in [-0.3, -0.25) is 14.3 Å². The molecular weight excluding hydrogens is 294 g/mol. The Morgan fingerprint density at radius 2 is 2.22 bits per heavy atom. The Hall–Kier alpha value is -2.21. The quantitative estimate of drug-likeness (QED) is 0.917. The van der Waals surface area contributed by atoms with Crippen molar-refractivity contribution in [3.05, 3.63) is 40.7 Å². The molecule has 0 aliphatic carbocycles. The van der Waals surface area contributed by atoms with Crippen molar-refractivity contribution in [1.82, 2.24) is 14.7 Å². The van der Waals surface area contributed by atoms with Gasteiger partial charge in [0.15, 0.2) is 0 Å². The van der Waals surface area contributed by atoms with E-state index < -0.39 is 6.10 Å². The van der Waals surface area contributed by atoms with Crippen LogP contribution in [0.5, 0.6) is 0 Å². The lowest BCUT2D eigenvalue weighted by Gasteiger charge is -2.34. The summed E-state index contributed by atoms with van der Waals surface area (Å²) in [5.41, 5.74) is 0.522. The van der Waals surface area contributed by atoms with Gasteiger partial charge < -0.3 is 10.0 Å². The zero-order chi connectivity index (χ0) is 16.4. The van der Waals surface area contributed by atoms with Gasteiger partial charge in [0.05, 0.1) is 17.8 Å². The van der Waals surface area contributed by atoms with E-state index in [-0.39, 0.29) is 23.8 Å². The number of para-hydroxylation sites is 1. The number of hydrogen-bond acceptors (Lipinski definition) is 4. The number of benzene rings is 1. The summed E-state index contributed by atoms with van der Waals surface area (Å²) in [5.74, 6) is 0.100. The summed E-state index contributed by atoms with van der Waals surface area (Å²) in [6.07, 6.45) is 2.70. The van der Waals surface area contributed by atoms with E-state index in [4.69, 9.17) is 0 Å². The van der Waals surface area contributed by atoms with Crippen LogP contribution >= 0.6 is 0 Å². The van der Waals surface area contributed by atoms with Crippen molar-refractivity contribution in [2.75, 3.05) is 13.1 Å². The molecule has 1 aliphatic rings. The molecule has 6 heteroatoms. The Balaban J connectivity index is 1.81. The van der Waals surface area contributed by atoms with Crippen LogP contribution in [0.3, 0.4) is 0 Å². The van der Waals surface area contributed by atoms with Crippen LogP contribution in [-0.4, -0.2) is 44.9 Å². The van der Waals surface area contributed by atoms with Gasteiger partial charge in [0.1, 0.15) is 6.54 Å². The van der Waals surface area contributed by atoms with Crippen molar-refractivity contribution in [3.8, 4) is 0 Å². The lowest BCUT2D eigenvalue weighted by Crippen LogP contribution is -2.44. The Bertz CT molecular complexity index is 769. The van der Waals surface area contributed by atoms with Gasteiger partial charge in [0.25, 0.3) is 0 Å². The molecule has 0 bridgehead atoms. The maximum absolute atomic E-state index is 12.6. The molecule has 0 saturated carbocycles. The second-order valence-corrected chi connectivity index (χ2v) is 6.17. The summed E-state index contributed by atoms with van der Waals surface area (Å²) in [4.78, 5) is 26.2. The van der Waals surface area contributed by atoms with E-state index in [0.29, 0.717) is 24.0 Å². The summed E-state index contributed by atoms with van der Waals surface area (Å²) in [7, 11) is 0. The number of rotatable bonds is 3. The first-order valence-electron chi connectivity index (χ1n) is 7.97. The number of aliphatic hydroxyl groups is 1. The maximum Gasteiger partial charge on any atom is 0.244 e. The standard InChI is InChI=1S/C17H21N3O3/c1-12(21)13-5-4-8-19(10-13)17(23)11-20-15-7-3-2-6-14(15)16(22)9-18-20/h2-3,6-7,9,12-13,21H,4-5,8,10-11H2,1H3. The summed E-state index contributed by atoms with van der Waals surface area (Å²) >= 11 is 0. The van der Waals surface area contributed by atoms with Crippen LogP contribution in [0, 0.1) is 5.92 Å². The first kappa shape index (κ1) is 15.7. The third kappa shape index (κ3) is 3.27. The molecule has 1 aliphatic heterocycles. The van der Waals surface area contributed by atoms with Gasteiger partial charge in [0.2, 0.25) is 11.3 Å². The van der Waals surface area contributed by atoms with Gasteiger partial charge >= 0.3 is 0 Å². The lowest BCUT2D eigenvalue weighted by atomic mass is 9.93. The van der Waals surface area contributed by atoms with Gasteiger partial charge in [-0.05, 0) is 31.9 Å². The number of likely N-dealkylation sites (tertiary alicyclic amines) is 1. The van der Waals surface area contributed by atoms with E-state index >= 15 is 0 Å². The summed E-state index contributed by atoms with van der Waals surface area (Å²) in [6, 6.07) is 7.17. The third-order valence-corrected chi connectivity index (χ3v) is 4.54. The Morgan fingerprint density at radius 3 is 3.00 bits per heavy atom. The molecule has 122 valence electrons. The molecule has 1 N–H and O–H groups in total. The zero-order valence-corrected chi connectivity index (χ0v) is 13.2. The van der Waals surface area contributed by atoms with E-state index in [1.807, 2.05) is 6.07 Å². The van der Waals surface area contributed by atoms with E-state index in [1.165, 1.54) is 6.20 Å². The molecule has 23 heavy (non-hydrogen) atoms. The molecule has 1 amide bonds. The highest BCUT2D eigenvalue weighted by molar-refractivity contribution is 5.81. The van der Waals surface area contributed by atoms with E-state index in [0.717, 1.165) is 12.8 Å². The fourth-order valence-electron chi connectivity index (χ4n) is 3.15. The number of carbonyl (C=O) groups excluding carboxylic acids is 1. The number of hydrogen-bond donors (Lipinski definition) is 1. The highest BCUT2D eigenvalue weighted by Gasteiger charge is 2.26. The number of amides is 1. The number of aromatic nitrogens is 2. The van der Waals surface area contributed by atoms with Crippen molar-refractivity contribution in [2.45, 2.75) is 32.4 Å². The fourth-order valence-corrected chi connectivity index (χ4v) is 3.15. The summed E-state index contributed by atoms with van der Waals surface area (Å²) < 4.78 is 1.57. The van der Waals surface area contributed by atoms with Crippen LogP contribution in [-0.2, 0) is 11.3 Å². The highest BCUT2D eigenvalue weighted by Crippen LogP contribution is 2.20. The van der Waals surface area contributed by atoms with Crippen molar-refractivity contribution in [1.29, 1.82) is 0 Å². The van der Waals surface area contributed by atoms with Crippen molar-refractivity contribution in [2.24, 2.45) is 5.92 Å². The fraction of sp³-hybridized carbons (Fsp3) is 0.471. The Morgan fingerprint density at radius 1 is 1.43 bits per heavy atom. The molecule has 0 radical (unpaired) electrons. The number of aliphatic hydroxyl groups excluding tert-OH is 1. The number of piperidine rings is 1. The molecule has 3 rings (SSSR count). The van der Waals surface area contributed by atoms with E-state index in [1.54, 1.807) is 34.7 Å².